The number of carbonyl (C=O) groups is 2. The molecule has 2 aromatic carbocycles. The third-order valence-electron chi connectivity index (χ3n) is 5.06. The quantitative estimate of drug-likeness (QED) is 0.528. The van der Waals surface area contributed by atoms with E-state index in [4.69, 9.17) is 4.74 Å². The molecule has 0 atom stereocenters. The van der Waals surface area contributed by atoms with Gasteiger partial charge in [0.2, 0.25) is 0 Å². The molecule has 5 nitrogen and oxygen atoms in total. The van der Waals surface area contributed by atoms with E-state index in [1.165, 1.54) is 16.2 Å². The minimum Gasteiger partial charge on any atom is -0.497 e. The van der Waals surface area contributed by atoms with Gasteiger partial charge in [0.15, 0.2) is 0 Å². The summed E-state index contributed by atoms with van der Waals surface area (Å²) in [6.45, 7) is 2.77. The van der Waals surface area contributed by atoms with E-state index in [2.05, 4.69) is 0 Å². The Kier molecular flexibility index (Phi) is 5.68. The molecule has 0 unspecified atom stereocenters. The average Bonchev–Trinajstić information content (AvgIpc) is 3.39. The molecule has 0 bridgehead atoms. The molecule has 0 spiro atoms. The number of hydrogen-bond acceptors (Lipinski definition) is 5. The summed E-state index contributed by atoms with van der Waals surface area (Å²) >= 11 is 1.47. The Bertz CT molecular complexity index is 1070. The summed E-state index contributed by atoms with van der Waals surface area (Å²) in [7, 11) is 1.61. The lowest BCUT2D eigenvalue weighted by Gasteiger charge is -2.24. The van der Waals surface area contributed by atoms with Crippen LogP contribution in [0.4, 0.5) is 5.69 Å². The number of hydrogen-bond donors (Lipinski definition) is 0. The fourth-order valence-corrected chi connectivity index (χ4v) is 4.35. The molecule has 1 aliphatic rings. The van der Waals surface area contributed by atoms with Crippen LogP contribution in [0.3, 0.4) is 0 Å². The summed E-state index contributed by atoms with van der Waals surface area (Å²) in [6.07, 6.45) is 0. The minimum absolute atomic E-state index is 0.215. The van der Waals surface area contributed by atoms with Crippen molar-refractivity contribution >= 4 is 34.4 Å². The maximum atomic E-state index is 13.5. The van der Waals surface area contributed by atoms with Crippen LogP contribution in [0.5, 0.6) is 5.75 Å². The minimum atomic E-state index is -0.273. The number of amides is 2. The second-order valence-corrected chi connectivity index (χ2v) is 7.77. The molecule has 1 aromatic heterocycles. The van der Waals surface area contributed by atoms with Crippen molar-refractivity contribution in [2.75, 3.05) is 18.6 Å². The van der Waals surface area contributed by atoms with Gasteiger partial charge in [-0.2, -0.15) is 0 Å². The van der Waals surface area contributed by atoms with Crippen molar-refractivity contribution in [1.29, 1.82) is 0 Å². The van der Waals surface area contributed by atoms with E-state index in [0.717, 1.165) is 21.9 Å². The topological polar surface area (TPSA) is 49.9 Å². The van der Waals surface area contributed by atoms with Crippen LogP contribution in [0.15, 0.2) is 77.8 Å². The number of ether oxygens (including phenoxy) is 1. The van der Waals surface area contributed by atoms with E-state index in [9.17, 15) is 9.59 Å². The highest BCUT2D eigenvalue weighted by Gasteiger charge is 2.42. The van der Waals surface area contributed by atoms with Gasteiger partial charge in [-0.15, -0.1) is 11.3 Å². The van der Waals surface area contributed by atoms with Crippen LogP contribution in [-0.2, 0) is 16.1 Å². The zero-order valence-corrected chi connectivity index (χ0v) is 17.7. The summed E-state index contributed by atoms with van der Waals surface area (Å²) in [5.74, 6) is 0.199. The van der Waals surface area contributed by atoms with Gasteiger partial charge in [0.05, 0.1) is 19.2 Å². The Hall–Kier alpha value is -3.38. The number of likely N-dealkylation sites (N-methyl/N-ethyl adjacent to an activating group) is 1. The maximum Gasteiger partial charge on any atom is 0.278 e. The highest BCUT2D eigenvalue weighted by molar-refractivity contribution is 7.11. The van der Waals surface area contributed by atoms with Crippen LogP contribution in [0.1, 0.15) is 17.4 Å². The number of benzene rings is 2. The monoisotopic (exact) mass is 418 g/mol. The Morgan fingerprint density at radius 1 is 0.933 bits per heavy atom. The summed E-state index contributed by atoms with van der Waals surface area (Å²) in [5.41, 5.74) is 2.66. The fraction of sp³-hybridized carbons (Fsp3) is 0.167. The molecule has 2 heterocycles. The smallest absolute Gasteiger partial charge is 0.278 e. The summed E-state index contributed by atoms with van der Waals surface area (Å²) in [6, 6.07) is 20.9. The molecule has 0 N–H and O–H groups in total. The van der Waals surface area contributed by atoms with Crippen molar-refractivity contribution in [3.8, 4) is 5.75 Å². The highest BCUT2D eigenvalue weighted by Crippen LogP contribution is 2.36. The van der Waals surface area contributed by atoms with Gasteiger partial charge >= 0.3 is 0 Å². The first-order valence-electron chi connectivity index (χ1n) is 9.74. The fourth-order valence-electron chi connectivity index (χ4n) is 3.59. The van der Waals surface area contributed by atoms with Gasteiger partial charge in [0.1, 0.15) is 11.4 Å². The van der Waals surface area contributed by atoms with Crippen LogP contribution >= 0.6 is 11.3 Å². The maximum absolute atomic E-state index is 13.5. The molecule has 1 aliphatic heterocycles. The molecule has 0 radical (unpaired) electrons. The van der Waals surface area contributed by atoms with Crippen molar-refractivity contribution in [2.45, 2.75) is 13.5 Å². The van der Waals surface area contributed by atoms with Crippen LogP contribution < -0.4 is 9.64 Å². The number of thiophene rings is 1. The highest BCUT2D eigenvalue weighted by atomic mass is 32.1. The van der Waals surface area contributed by atoms with Crippen molar-refractivity contribution in [1.82, 2.24) is 4.90 Å². The van der Waals surface area contributed by atoms with Gasteiger partial charge < -0.3 is 9.64 Å². The molecule has 4 rings (SSSR count). The first kappa shape index (κ1) is 19.9. The van der Waals surface area contributed by atoms with E-state index in [1.54, 1.807) is 7.11 Å². The van der Waals surface area contributed by atoms with Gasteiger partial charge in [-0.3, -0.25) is 14.5 Å². The summed E-state index contributed by atoms with van der Waals surface area (Å²) < 4.78 is 5.20. The molecule has 152 valence electrons. The lowest BCUT2D eigenvalue weighted by Crippen LogP contribution is -2.34. The van der Waals surface area contributed by atoms with Crippen LogP contribution in [0, 0.1) is 0 Å². The Morgan fingerprint density at radius 2 is 1.67 bits per heavy atom. The molecule has 2 amide bonds. The Labute approximate surface area is 179 Å². The second kappa shape index (κ2) is 8.55. The van der Waals surface area contributed by atoms with Crippen molar-refractivity contribution in [2.24, 2.45) is 0 Å². The number of nitrogens with zero attached hydrogens (tertiary/aromatic N) is 2. The molecule has 0 saturated heterocycles. The lowest BCUT2D eigenvalue weighted by molar-refractivity contribution is -0.137. The largest absolute Gasteiger partial charge is 0.497 e. The Morgan fingerprint density at radius 3 is 2.27 bits per heavy atom. The van der Waals surface area contributed by atoms with Crippen molar-refractivity contribution < 1.29 is 14.3 Å². The van der Waals surface area contributed by atoms with Crippen LogP contribution in [-0.4, -0.2) is 30.4 Å². The molecular formula is C24H22N2O3S. The van der Waals surface area contributed by atoms with E-state index in [-0.39, 0.29) is 18.4 Å². The predicted molar refractivity (Wildman–Crippen MR) is 119 cm³/mol. The van der Waals surface area contributed by atoms with Gasteiger partial charge in [-0.25, -0.2) is 0 Å². The third kappa shape index (κ3) is 3.62. The van der Waals surface area contributed by atoms with Gasteiger partial charge in [-0.1, -0.05) is 36.4 Å². The van der Waals surface area contributed by atoms with E-state index >= 15 is 0 Å². The van der Waals surface area contributed by atoms with Crippen LogP contribution in [0.2, 0.25) is 0 Å². The molecule has 3 aromatic rings. The number of carbonyl (C=O) groups excluding carboxylic acids is 2. The normalized spacial score (nSPS) is 13.9. The van der Waals surface area contributed by atoms with Crippen molar-refractivity contribution in [3.63, 3.8) is 0 Å². The predicted octanol–water partition coefficient (Wildman–Crippen LogP) is 4.56. The number of para-hydroxylation sites is 1. The van der Waals surface area contributed by atoms with Gasteiger partial charge in [-0.05, 0) is 48.2 Å². The first-order chi connectivity index (χ1) is 14.6. The standard InChI is InChI=1S/C24H22N2O3S/c1-3-25(18-8-5-4-6-9-18)22-21(20-10-7-15-30-20)23(27)26(24(22)28)16-17-11-13-19(29-2)14-12-17/h4-15H,3,16H2,1-2H3. The van der Waals surface area contributed by atoms with E-state index in [1.807, 2.05) is 83.9 Å². The SMILES string of the molecule is CCN(C1=C(c2cccs2)C(=O)N(Cc2ccc(OC)cc2)C1=O)c1ccccc1. The molecular weight excluding hydrogens is 396 g/mol. The molecule has 0 saturated carbocycles. The lowest BCUT2D eigenvalue weighted by atomic mass is 10.1. The van der Waals surface area contributed by atoms with Gasteiger partial charge in [0, 0.05) is 17.1 Å². The molecule has 6 heteroatoms. The average molecular weight is 419 g/mol. The number of anilines is 1. The second-order valence-electron chi connectivity index (χ2n) is 6.83. The van der Waals surface area contributed by atoms with Crippen LogP contribution in [0.25, 0.3) is 5.57 Å². The molecule has 30 heavy (non-hydrogen) atoms. The first-order valence-corrected chi connectivity index (χ1v) is 10.6. The summed E-state index contributed by atoms with van der Waals surface area (Å²) in [5, 5.41) is 1.92. The van der Waals surface area contributed by atoms with Crippen molar-refractivity contribution in [3.05, 3.63) is 88.2 Å². The molecule has 0 aliphatic carbocycles. The number of rotatable bonds is 7. The number of imide groups is 1. The zero-order chi connectivity index (χ0) is 21.1. The summed E-state index contributed by atoms with van der Waals surface area (Å²) in [4.78, 5) is 31.0. The Balaban J connectivity index is 1.74. The third-order valence-corrected chi connectivity index (χ3v) is 5.95. The van der Waals surface area contributed by atoms with Gasteiger partial charge in [0.25, 0.3) is 11.8 Å². The number of methoxy groups -OCH3 is 1. The van der Waals surface area contributed by atoms with E-state index in [0.29, 0.717) is 17.8 Å². The zero-order valence-electron chi connectivity index (χ0n) is 16.9. The molecule has 0 fully saturated rings. The van der Waals surface area contributed by atoms with E-state index < -0.39 is 0 Å².